The molecule has 0 spiro atoms. The molecule has 3 heterocycles. The van der Waals surface area contributed by atoms with Gasteiger partial charge in [0.2, 0.25) is 0 Å². The molecule has 7 aromatic carbocycles. The molecule has 0 aliphatic rings. The molecule has 0 saturated heterocycles. The van der Waals surface area contributed by atoms with Crippen molar-refractivity contribution in [1.29, 1.82) is 0 Å². The van der Waals surface area contributed by atoms with Gasteiger partial charge in [-0.05, 0) is 94.1 Å². The SMILES string of the molecule is Cc1cc(C(C)C)c(-n2c(-c3[c-]ccc4c3oc3ccc(-c5ccc(-c6ccccc6)cc5)cc34)nc3ccccc32)c(C(C)C)c1.[2H]C([2H])([2H])c1cc(-c2[c-]cccc2)ncc1[Si](C)(C)C.[Ir]. The molecule has 0 N–H and O–H groups in total. The van der Waals surface area contributed by atoms with E-state index in [9.17, 15) is 0 Å². The van der Waals surface area contributed by atoms with E-state index in [2.05, 4.69) is 191 Å². The minimum absolute atomic E-state index is 0. The molecule has 65 heavy (non-hydrogen) atoms. The van der Waals surface area contributed by atoms with Crippen molar-refractivity contribution >= 4 is 46.2 Å². The van der Waals surface area contributed by atoms with Gasteiger partial charge in [0.05, 0.1) is 30.5 Å². The van der Waals surface area contributed by atoms with Gasteiger partial charge < -0.3 is 14.0 Å². The fraction of sp³-hybridized carbons (Fsp3) is 0.186. The Hall–Kier alpha value is -6.17. The number of hydrogen-bond acceptors (Lipinski definition) is 3. The van der Waals surface area contributed by atoms with E-state index in [0.717, 1.165) is 60.7 Å². The van der Waals surface area contributed by atoms with Gasteiger partial charge >= 0.3 is 0 Å². The summed E-state index contributed by atoms with van der Waals surface area (Å²) in [7, 11) is -1.74. The molecule has 4 nitrogen and oxygen atoms in total. The smallest absolute Gasteiger partial charge is 0.120 e. The number of imidazole rings is 1. The molecule has 10 aromatic rings. The minimum Gasteiger partial charge on any atom is -0.501 e. The Morgan fingerprint density at radius 1 is 0.662 bits per heavy atom. The van der Waals surface area contributed by atoms with Crippen molar-refractivity contribution in [3.8, 4) is 50.6 Å². The van der Waals surface area contributed by atoms with Crippen LogP contribution in [-0.2, 0) is 20.1 Å². The van der Waals surface area contributed by atoms with Crippen LogP contribution in [0.4, 0.5) is 0 Å². The number of aromatic nitrogens is 3. The van der Waals surface area contributed by atoms with Gasteiger partial charge in [-0.2, -0.15) is 0 Å². The first kappa shape index (κ1) is 41.5. The van der Waals surface area contributed by atoms with Gasteiger partial charge in [-0.3, -0.25) is 4.98 Å². The Labute approximate surface area is 403 Å². The summed E-state index contributed by atoms with van der Waals surface area (Å²) >= 11 is 0. The summed E-state index contributed by atoms with van der Waals surface area (Å²) in [5.74, 6) is 1.52. The van der Waals surface area contributed by atoms with E-state index < -0.39 is 14.9 Å². The van der Waals surface area contributed by atoms with Crippen LogP contribution in [0.2, 0.25) is 19.6 Å². The number of hydrogen-bond donors (Lipinski definition) is 0. The van der Waals surface area contributed by atoms with Crippen molar-refractivity contribution in [3.63, 3.8) is 0 Å². The Morgan fingerprint density at radius 3 is 1.97 bits per heavy atom. The first-order valence-electron chi connectivity index (χ1n) is 23.7. The molecular formula is C59H55IrN3OSi-2. The molecule has 0 bridgehead atoms. The summed E-state index contributed by atoms with van der Waals surface area (Å²) in [5, 5.41) is 3.05. The van der Waals surface area contributed by atoms with Crippen molar-refractivity contribution in [2.24, 2.45) is 0 Å². The maximum atomic E-state index is 7.77. The second-order valence-corrected chi connectivity index (χ2v) is 23.4. The van der Waals surface area contributed by atoms with E-state index in [1.807, 2.05) is 24.3 Å². The van der Waals surface area contributed by atoms with Crippen molar-refractivity contribution < 1.29 is 28.6 Å². The van der Waals surface area contributed by atoms with Crippen molar-refractivity contribution in [3.05, 3.63) is 192 Å². The number of para-hydroxylation sites is 2. The predicted molar refractivity (Wildman–Crippen MR) is 273 cm³/mol. The zero-order valence-electron chi connectivity index (χ0n) is 41.2. The average molecular weight is 1050 g/mol. The fourth-order valence-electron chi connectivity index (χ4n) is 8.72. The first-order chi connectivity index (χ1) is 32.1. The van der Waals surface area contributed by atoms with E-state index in [-0.39, 0.29) is 20.1 Å². The zero-order chi connectivity index (χ0) is 47.2. The molecule has 0 amide bonds. The van der Waals surface area contributed by atoms with Crippen molar-refractivity contribution in [1.82, 2.24) is 14.5 Å². The Balaban J connectivity index is 0.000000251. The quantitative estimate of drug-likeness (QED) is 0.113. The third kappa shape index (κ3) is 9.09. The van der Waals surface area contributed by atoms with Crippen LogP contribution >= 0.6 is 0 Å². The molecule has 327 valence electrons. The zero-order valence-corrected chi connectivity index (χ0v) is 41.6. The van der Waals surface area contributed by atoms with Gasteiger partial charge in [-0.15, -0.1) is 54.1 Å². The second kappa shape index (κ2) is 18.7. The predicted octanol–water partition coefficient (Wildman–Crippen LogP) is 15.7. The summed E-state index contributed by atoms with van der Waals surface area (Å²) in [6.07, 6.45) is 1.74. The van der Waals surface area contributed by atoms with Gasteiger partial charge in [-0.1, -0.05) is 160 Å². The number of nitrogens with zero attached hydrogens (tertiary/aromatic N) is 3. The van der Waals surface area contributed by atoms with Crippen molar-refractivity contribution in [2.45, 2.75) is 72.9 Å². The summed E-state index contributed by atoms with van der Waals surface area (Å²) in [5.41, 5.74) is 16.4. The Bertz CT molecular complexity index is 3360. The van der Waals surface area contributed by atoms with E-state index in [0.29, 0.717) is 23.1 Å². The van der Waals surface area contributed by atoms with Gasteiger partial charge in [0, 0.05) is 41.5 Å². The van der Waals surface area contributed by atoms with Gasteiger partial charge in [-0.25, -0.2) is 0 Å². The number of benzene rings is 7. The van der Waals surface area contributed by atoms with Crippen LogP contribution in [0, 0.1) is 25.9 Å². The average Bonchev–Trinajstić information content (AvgIpc) is 3.90. The number of aryl methyl sites for hydroxylation is 2. The maximum Gasteiger partial charge on any atom is 0.120 e. The monoisotopic (exact) mass is 1050 g/mol. The molecule has 0 atom stereocenters. The summed E-state index contributed by atoms with van der Waals surface area (Å²) < 4.78 is 32.4. The van der Waals surface area contributed by atoms with Gasteiger partial charge in [0.1, 0.15) is 5.58 Å². The van der Waals surface area contributed by atoms with Crippen LogP contribution < -0.4 is 5.19 Å². The van der Waals surface area contributed by atoms with Crippen LogP contribution in [0.3, 0.4) is 0 Å². The van der Waals surface area contributed by atoms with Gasteiger partial charge in [0.15, 0.2) is 0 Å². The molecule has 6 heteroatoms. The summed E-state index contributed by atoms with van der Waals surface area (Å²) in [4.78, 5) is 9.72. The molecule has 10 rings (SSSR count). The molecule has 0 aliphatic carbocycles. The number of rotatable bonds is 8. The van der Waals surface area contributed by atoms with Crippen LogP contribution in [0.25, 0.3) is 83.6 Å². The number of fused-ring (bicyclic) bond motifs is 4. The van der Waals surface area contributed by atoms with Gasteiger partial charge in [0.25, 0.3) is 0 Å². The Morgan fingerprint density at radius 2 is 1.31 bits per heavy atom. The number of pyridine rings is 1. The minimum atomic E-state index is -2.11. The van der Waals surface area contributed by atoms with Crippen LogP contribution in [0.15, 0.2) is 162 Å². The maximum absolute atomic E-state index is 7.77. The van der Waals surface area contributed by atoms with E-state index in [1.165, 1.54) is 39.1 Å². The second-order valence-electron chi connectivity index (χ2n) is 18.4. The van der Waals surface area contributed by atoms with E-state index in [1.54, 1.807) is 18.3 Å². The first-order valence-corrected chi connectivity index (χ1v) is 25.7. The Kier molecular flexibility index (Phi) is 12.0. The third-order valence-electron chi connectivity index (χ3n) is 12.0. The van der Waals surface area contributed by atoms with E-state index in [4.69, 9.17) is 13.5 Å². The molecule has 0 unspecified atom stereocenters. The molecule has 0 aliphatic heterocycles. The molecule has 0 saturated carbocycles. The van der Waals surface area contributed by atoms with Crippen LogP contribution in [0.1, 0.15) is 65.9 Å². The fourth-order valence-corrected chi connectivity index (χ4v) is 10.1. The topological polar surface area (TPSA) is 43.9 Å². The number of furan rings is 1. The molecule has 3 aromatic heterocycles. The molecule has 0 fully saturated rings. The summed E-state index contributed by atoms with van der Waals surface area (Å²) in [6.45, 7) is 15.6. The third-order valence-corrected chi connectivity index (χ3v) is 14.0. The van der Waals surface area contributed by atoms with Crippen LogP contribution in [-0.4, -0.2) is 22.6 Å². The molecule has 1 radical (unpaired) electrons. The van der Waals surface area contributed by atoms with Crippen LogP contribution in [0.5, 0.6) is 0 Å². The normalized spacial score (nSPS) is 12.5. The molecular weight excluding hydrogens is 987 g/mol. The van der Waals surface area contributed by atoms with Crippen molar-refractivity contribution in [2.75, 3.05) is 0 Å². The largest absolute Gasteiger partial charge is 0.501 e. The summed E-state index contributed by atoms with van der Waals surface area (Å²) in [6, 6.07) is 58.8. The van der Waals surface area contributed by atoms with E-state index >= 15 is 0 Å². The standard InChI is InChI=1S/C44H37N2O.C15H18NSi.Ir/c1-27(2)36-24-29(5)25-37(28(3)4)42(36)46-40-17-10-9-16-39(40)45-44(46)35-15-11-14-34-38-26-33(22-23-41(38)47-43(34)35)32-20-18-31(19-21-32)30-12-7-6-8-13-30;1-12-10-14(13-8-6-5-7-9-13)16-11-15(12)17(2,3)4;/h6-14,16-28H,1-5H3;5-8,10-11H,1-4H3;/q2*-1;/i;1D3;.